The molecule has 0 saturated carbocycles. The Labute approximate surface area is 126 Å². The van der Waals surface area contributed by atoms with Crippen LogP contribution in [0.4, 0.5) is 0 Å². The zero-order valence-electron chi connectivity index (χ0n) is 12.6. The maximum Gasteiger partial charge on any atom is 0.328 e. The molecule has 1 N–H and O–H groups in total. The van der Waals surface area contributed by atoms with E-state index in [2.05, 4.69) is 15.2 Å². The topological polar surface area (TPSA) is 90.3 Å². The first-order chi connectivity index (χ1) is 10.4. The Morgan fingerprint density at radius 1 is 1.32 bits per heavy atom. The fourth-order valence-electron chi connectivity index (χ4n) is 2.19. The number of aromatic nitrogens is 2. The smallest absolute Gasteiger partial charge is 0.328 e. The summed E-state index contributed by atoms with van der Waals surface area (Å²) in [7, 11) is 2.79. The second kappa shape index (κ2) is 6.38. The molecule has 0 radical (unpaired) electrons. The molecule has 0 unspecified atom stereocenters. The zero-order chi connectivity index (χ0) is 16.3. The molecule has 7 nitrogen and oxygen atoms in total. The maximum absolute atomic E-state index is 12.0. The van der Waals surface area contributed by atoms with Gasteiger partial charge >= 0.3 is 5.97 Å². The summed E-state index contributed by atoms with van der Waals surface area (Å²) < 4.78 is 5.76. The van der Waals surface area contributed by atoms with Gasteiger partial charge in [0.2, 0.25) is 5.91 Å². The Morgan fingerprint density at radius 2 is 1.95 bits per heavy atom. The Morgan fingerprint density at radius 3 is 2.59 bits per heavy atom. The standard InChI is InChI=1S/C15H17N3O4/c1-9(15(21)22-3)16-13(19)8-12-10-6-4-5-7-11(10)14(20)18(2)17-12/h4-7,9H,8H2,1-3H3,(H,16,19)/t9-/m0/s1. The number of esters is 1. The summed E-state index contributed by atoms with van der Waals surface area (Å²) in [5.74, 6) is -0.888. The maximum atomic E-state index is 12.0. The highest BCUT2D eigenvalue weighted by Gasteiger charge is 2.18. The molecule has 0 spiro atoms. The fraction of sp³-hybridized carbons (Fsp3) is 0.333. The van der Waals surface area contributed by atoms with E-state index >= 15 is 0 Å². The predicted molar refractivity (Wildman–Crippen MR) is 80.3 cm³/mol. The van der Waals surface area contributed by atoms with Gasteiger partial charge in [0.25, 0.3) is 5.56 Å². The number of nitrogens with zero attached hydrogens (tertiary/aromatic N) is 2. The summed E-state index contributed by atoms with van der Waals surface area (Å²) in [6.07, 6.45) is -0.0318. The third-order valence-electron chi connectivity index (χ3n) is 3.29. The van der Waals surface area contributed by atoms with Crippen molar-refractivity contribution in [1.29, 1.82) is 0 Å². The SMILES string of the molecule is COC(=O)[C@H](C)NC(=O)Cc1nn(C)c(=O)c2ccccc12. The Kier molecular flexibility index (Phi) is 4.55. The lowest BCUT2D eigenvalue weighted by molar-refractivity contribution is -0.144. The normalized spacial score (nSPS) is 12.0. The molecule has 2 aromatic rings. The lowest BCUT2D eigenvalue weighted by atomic mass is 10.1. The van der Waals surface area contributed by atoms with Crippen molar-refractivity contribution in [3.63, 3.8) is 0 Å². The number of rotatable bonds is 4. The van der Waals surface area contributed by atoms with Gasteiger partial charge in [-0.1, -0.05) is 18.2 Å². The van der Waals surface area contributed by atoms with Gasteiger partial charge in [-0.15, -0.1) is 0 Å². The van der Waals surface area contributed by atoms with E-state index in [0.29, 0.717) is 16.5 Å². The number of carbonyl (C=O) groups is 2. The van der Waals surface area contributed by atoms with Crippen molar-refractivity contribution in [2.75, 3.05) is 7.11 Å². The van der Waals surface area contributed by atoms with Crippen LogP contribution in [0.1, 0.15) is 12.6 Å². The minimum Gasteiger partial charge on any atom is -0.467 e. The summed E-state index contributed by atoms with van der Waals surface area (Å²) >= 11 is 0. The highest BCUT2D eigenvalue weighted by atomic mass is 16.5. The van der Waals surface area contributed by atoms with Crippen molar-refractivity contribution in [3.05, 3.63) is 40.3 Å². The molecule has 0 aliphatic heterocycles. The Bertz CT molecular complexity index is 782. The fourth-order valence-corrected chi connectivity index (χ4v) is 2.19. The minimum atomic E-state index is -0.740. The summed E-state index contributed by atoms with van der Waals surface area (Å²) in [6.45, 7) is 1.54. The first kappa shape index (κ1) is 15.7. The summed E-state index contributed by atoms with van der Waals surface area (Å²) in [5.41, 5.74) is 0.259. The Balaban J connectivity index is 2.29. The number of hydrogen-bond acceptors (Lipinski definition) is 5. The third-order valence-corrected chi connectivity index (χ3v) is 3.29. The Hall–Kier alpha value is -2.70. The summed E-state index contributed by atoms with van der Waals surface area (Å²) in [6, 6.07) is 6.24. The van der Waals surface area contributed by atoms with E-state index in [9.17, 15) is 14.4 Å². The third kappa shape index (κ3) is 3.13. The number of ether oxygens (including phenoxy) is 1. The van der Waals surface area contributed by atoms with E-state index in [1.54, 1.807) is 24.3 Å². The van der Waals surface area contributed by atoms with Crippen LogP contribution < -0.4 is 10.9 Å². The number of fused-ring (bicyclic) bond motifs is 1. The van der Waals surface area contributed by atoms with Gasteiger partial charge in [0.15, 0.2) is 0 Å². The van der Waals surface area contributed by atoms with Crippen LogP contribution in [-0.4, -0.2) is 34.8 Å². The largest absolute Gasteiger partial charge is 0.467 e. The van der Waals surface area contributed by atoms with E-state index in [0.717, 1.165) is 0 Å². The van der Waals surface area contributed by atoms with Crippen LogP contribution in [0, 0.1) is 0 Å². The van der Waals surface area contributed by atoms with Crippen LogP contribution in [-0.2, 0) is 27.8 Å². The molecule has 0 fully saturated rings. The quantitative estimate of drug-likeness (QED) is 0.812. The van der Waals surface area contributed by atoms with Crippen molar-refractivity contribution < 1.29 is 14.3 Å². The van der Waals surface area contributed by atoms with Gasteiger partial charge in [0, 0.05) is 12.4 Å². The molecular formula is C15H17N3O4. The molecule has 22 heavy (non-hydrogen) atoms. The second-order valence-corrected chi connectivity index (χ2v) is 4.91. The van der Waals surface area contributed by atoms with Crippen LogP contribution in [0.2, 0.25) is 0 Å². The van der Waals surface area contributed by atoms with Crippen LogP contribution in [0.25, 0.3) is 10.8 Å². The molecule has 0 saturated heterocycles. The average molecular weight is 303 g/mol. The zero-order valence-corrected chi connectivity index (χ0v) is 12.6. The number of carbonyl (C=O) groups excluding carboxylic acids is 2. The van der Waals surface area contributed by atoms with Crippen molar-refractivity contribution in [2.24, 2.45) is 7.05 Å². The average Bonchev–Trinajstić information content (AvgIpc) is 2.51. The molecule has 2 rings (SSSR count). The van der Waals surface area contributed by atoms with Crippen LogP contribution >= 0.6 is 0 Å². The number of methoxy groups -OCH3 is 1. The van der Waals surface area contributed by atoms with Crippen LogP contribution in [0.5, 0.6) is 0 Å². The predicted octanol–water partition coefficient (Wildman–Crippen LogP) is 0.154. The number of hydrogen-bond donors (Lipinski definition) is 1. The van der Waals surface area contributed by atoms with Crippen molar-refractivity contribution >= 4 is 22.6 Å². The molecule has 1 heterocycles. The summed E-state index contributed by atoms with van der Waals surface area (Å²) in [5, 5.41) is 7.81. The molecule has 0 aliphatic rings. The molecule has 1 amide bonds. The first-order valence-electron chi connectivity index (χ1n) is 6.76. The highest BCUT2D eigenvalue weighted by molar-refractivity contribution is 5.90. The van der Waals surface area contributed by atoms with Gasteiger partial charge in [-0.25, -0.2) is 9.48 Å². The first-order valence-corrected chi connectivity index (χ1v) is 6.76. The van der Waals surface area contributed by atoms with E-state index < -0.39 is 12.0 Å². The molecule has 0 bridgehead atoms. The van der Waals surface area contributed by atoms with E-state index in [-0.39, 0.29) is 17.9 Å². The van der Waals surface area contributed by atoms with Crippen LogP contribution in [0.3, 0.4) is 0 Å². The minimum absolute atomic E-state index is 0.0318. The van der Waals surface area contributed by atoms with Gasteiger partial charge < -0.3 is 10.1 Å². The van der Waals surface area contributed by atoms with Crippen molar-refractivity contribution in [1.82, 2.24) is 15.1 Å². The number of aryl methyl sites for hydroxylation is 1. The molecule has 116 valence electrons. The van der Waals surface area contributed by atoms with Gasteiger partial charge in [-0.05, 0) is 13.0 Å². The van der Waals surface area contributed by atoms with Crippen molar-refractivity contribution in [2.45, 2.75) is 19.4 Å². The lowest BCUT2D eigenvalue weighted by Gasteiger charge is -2.12. The lowest BCUT2D eigenvalue weighted by Crippen LogP contribution is -2.40. The van der Waals surface area contributed by atoms with Gasteiger partial charge in [0.05, 0.1) is 24.6 Å². The highest BCUT2D eigenvalue weighted by Crippen LogP contribution is 2.13. The van der Waals surface area contributed by atoms with E-state index in [1.807, 2.05) is 0 Å². The van der Waals surface area contributed by atoms with Crippen molar-refractivity contribution in [3.8, 4) is 0 Å². The molecule has 1 aromatic carbocycles. The molecule has 0 aliphatic carbocycles. The van der Waals surface area contributed by atoms with E-state index in [1.165, 1.54) is 25.8 Å². The van der Waals surface area contributed by atoms with E-state index in [4.69, 9.17) is 0 Å². The number of amides is 1. The van der Waals surface area contributed by atoms with Gasteiger partial charge in [-0.2, -0.15) is 5.10 Å². The van der Waals surface area contributed by atoms with Gasteiger partial charge in [-0.3, -0.25) is 9.59 Å². The van der Waals surface area contributed by atoms with Crippen LogP contribution in [0.15, 0.2) is 29.1 Å². The number of benzene rings is 1. The van der Waals surface area contributed by atoms with Gasteiger partial charge in [0.1, 0.15) is 6.04 Å². The molecule has 7 heteroatoms. The molecule has 1 atom stereocenters. The monoisotopic (exact) mass is 303 g/mol. The molecule has 1 aromatic heterocycles. The number of nitrogens with one attached hydrogen (secondary N) is 1. The second-order valence-electron chi connectivity index (χ2n) is 4.91. The summed E-state index contributed by atoms with van der Waals surface area (Å²) in [4.78, 5) is 35.4. The molecular weight excluding hydrogens is 286 g/mol.